The summed E-state index contributed by atoms with van der Waals surface area (Å²) in [5, 5.41) is 8.60. The molecule has 1 rings (SSSR count). The van der Waals surface area contributed by atoms with Crippen molar-refractivity contribution in [1.29, 1.82) is 5.26 Å². The van der Waals surface area contributed by atoms with Gasteiger partial charge in [0.05, 0.1) is 11.6 Å². The molecule has 0 saturated heterocycles. The molecular weight excluding hydrogens is 222 g/mol. The number of nitriles is 1. The highest BCUT2D eigenvalue weighted by Crippen LogP contribution is 2.21. The summed E-state index contributed by atoms with van der Waals surface area (Å²) in [6.07, 6.45) is 1.99. The number of thioether (sulfide) groups is 1. The summed E-state index contributed by atoms with van der Waals surface area (Å²) in [4.78, 5) is 1.11. The molecule has 0 aliphatic carbocycles. The van der Waals surface area contributed by atoms with E-state index >= 15 is 0 Å². The Morgan fingerprint density at radius 3 is 2.73 bits per heavy atom. The number of nitrogens with zero attached hydrogens (tertiary/aromatic N) is 1. The Labute approximate surface area is 78.5 Å². The fourth-order valence-corrected chi connectivity index (χ4v) is 1.88. The Balaban J connectivity index is 3.15. The molecule has 0 spiro atoms. The first kappa shape index (κ1) is 8.63. The Kier molecular flexibility index (Phi) is 2.98. The van der Waals surface area contributed by atoms with Crippen LogP contribution in [0.1, 0.15) is 5.56 Å². The van der Waals surface area contributed by atoms with Gasteiger partial charge in [0.1, 0.15) is 0 Å². The van der Waals surface area contributed by atoms with Crippen LogP contribution in [-0.4, -0.2) is 6.26 Å². The molecule has 1 aromatic carbocycles. The van der Waals surface area contributed by atoms with Crippen molar-refractivity contribution in [2.24, 2.45) is 0 Å². The minimum absolute atomic E-state index is 0.698. The first-order chi connectivity index (χ1) is 5.26. The Hall–Kier alpha value is -0.460. The lowest BCUT2D eigenvalue weighted by Crippen LogP contribution is -1.76. The van der Waals surface area contributed by atoms with Gasteiger partial charge in [0.15, 0.2) is 0 Å². The largest absolute Gasteiger partial charge is 0.192 e. The monoisotopic (exact) mass is 227 g/mol. The number of hydrogen-bond donors (Lipinski definition) is 0. The zero-order valence-corrected chi connectivity index (χ0v) is 8.37. The quantitative estimate of drug-likeness (QED) is 0.689. The Morgan fingerprint density at radius 1 is 1.45 bits per heavy atom. The van der Waals surface area contributed by atoms with E-state index in [4.69, 9.17) is 5.26 Å². The molecule has 0 radical (unpaired) electrons. The fraction of sp³-hybridized carbons (Fsp3) is 0.125. The van der Waals surface area contributed by atoms with Crippen LogP contribution in [0.2, 0.25) is 0 Å². The van der Waals surface area contributed by atoms with Gasteiger partial charge in [-0.05, 0) is 24.5 Å². The van der Waals surface area contributed by atoms with Crippen molar-refractivity contribution in [3.63, 3.8) is 0 Å². The van der Waals surface area contributed by atoms with Crippen LogP contribution >= 0.6 is 27.7 Å². The number of benzene rings is 1. The molecule has 0 aromatic heterocycles. The first-order valence-corrected chi connectivity index (χ1v) is 5.02. The van der Waals surface area contributed by atoms with Crippen LogP contribution in [-0.2, 0) is 0 Å². The first-order valence-electron chi connectivity index (χ1n) is 3.01. The SMILES string of the molecule is CSc1cc(Br)cc(C#N)c1. The second-order valence-electron chi connectivity index (χ2n) is 1.99. The predicted octanol–water partition coefficient (Wildman–Crippen LogP) is 3.04. The molecular formula is C8H6BrNS. The van der Waals surface area contributed by atoms with Gasteiger partial charge in [0, 0.05) is 9.37 Å². The van der Waals surface area contributed by atoms with Crippen LogP contribution in [0.25, 0.3) is 0 Å². The molecule has 0 heterocycles. The molecule has 56 valence electrons. The van der Waals surface area contributed by atoms with E-state index < -0.39 is 0 Å². The number of hydrogen-bond acceptors (Lipinski definition) is 2. The van der Waals surface area contributed by atoms with E-state index in [1.807, 2.05) is 18.4 Å². The minimum Gasteiger partial charge on any atom is -0.192 e. The maximum absolute atomic E-state index is 8.60. The van der Waals surface area contributed by atoms with Crippen molar-refractivity contribution in [2.45, 2.75) is 4.90 Å². The average molecular weight is 228 g/mol. The standard InChI is InChI=1S/C8H6BrNS/c1-11-8-3-6(5-10)2-7(9)4-8/h2-4H,1H3. The fourth-order valence-electron chi connectivity index (χ4n) is 0.745. The maximum atomic E-state index is 8.60. The van der Waals surface area contributed by atoms with Gasteiger partial charge in [-0.15, -0.1) is 11.8 Å². The lowest BCUT2D eigenvalue weighted by molar-refractivity contribution is 1.39. The van der Waals surface area contributed by atoms with Gasteiger partial charge in [-0.2, -0.15) is 5.26 Å². The third-order valence-corrected chi connectivity index (χ3v) is 2.40. The van der Waals surface area contributed by atoms with Crippen molar-refractivity contribution >= 4 is 27.7 Å². The van der Waals surface area contributed by atoms with Crippen molar-refractivity contribution in [3.8, 4) is 6.07 Å². The predicted molar refractivity (Wildman–Crippen MR) is 50.6 cm³/mol. The van der Waals surface area contributed by atoms with E-state index in [1.165, 1.54) is 0 Å². The van der Waals surface area contributed by atoms with E-state index in [1.54, 1.807) is 17.8 Å². The van der Waals surface area contributed by atoms with Crippen molar-refractivity contribution in [2.75, 3.05) is 6.26 Å². The van der Waals surface area contributed by atoms with E-state index in [2.05, 4.69) is 22.0 Å². The second kappa shape index (κ2) is 3.80. The summed E-state index contributed by atoms with van der Waals surface area (Å²) in [6.45, 7) is 0. The van der Waals surface area contributed by atoms with E-state index in [-0.39, 0.29) is 0 Å². The summed E-state index contributed by atoms with van der Waals surface area (Å²) in [7, 11) is 0. The molecule has 0 atom stereocenters. The van der Waals surface area contributed by atoms with Gasteiger partial charge in [0.2, 0.25) is 0 Å². The Morgan fingerprint density at radius 2 is 2.18 bits per heavy atom. The normalized spacial score (nSPS) is 9.18. The van der Waals surface area contributed by atoms with Crippen LogP contribution in [0.15, 0.2) is 27.6 Å². The summed E-state index contributed by atoms with van der Waals surface area (Å²) < 4.78 is 0.959. The molecule has 0 fully saturated rings. The molecule has 0 saturated carbocycles. The lowest BCUT2D eigenvalue weighted by Gasteiger charge is -1.97. The lowest BCUT2D eigenvalue weighted by atomic mass is 10.2. The molecule has 0 aliphatic heterocycles. The topological polar surface area (TPSA) is 23.8 Å². The molecule has 3 heteroatoms. The third-order valence-electron chi connectivity index (χ3n) is 1.24. The second-order valence-corrected chi connectivity index (χ2v) is 3.79. The number of rotatable bonds is 1. The third kappa shape index (κ3) is 2.25. The minimum atomic E-state index is 0.698. The maximum Gasteiger partial charge on any atom is 0.0992 e. The van der Waals surface area contributed by atoms with Gasteiger partial charge in [-0.1, -0.05) is 15.9 Å². The van der Waals surface area contributed by atoms with E-state index in [0.717, 1.165) is 9.37 Å². The van der Waals surface area contributed by atoms with Crippen LogP contribution in [0.4, 0.5) is 0 Å². The summed E-state index contributed by atoms with van der Waals surface area (Å²) in [6, 6.07) is 7.77. The average Bonchev–Trinajstić information content (AvgIpc) is 2.03. The van der Waals surface area contributed by atoms with Gasteiger partial charge >= 0.3 is 0 Å². The van der Waals surface area contributed by atoms with E-state index in [0.29, 0.717) is 5.56 Å². The summed E-state index contributed by atoms with van der Waals surface area (Å²) >= 11 is 4.96. The smallest absolute Gasteiger partial charge is 0.0992 e. The number of halogens is 1. The summed E-state index contributed by atoms with van der Waals surface area (Å²) in [5.41, 5.74) is 0.698. The molecule has 0 N–H and O–H groups in total. The van der Waals surface area contributed by atoms with Crippen LogP contribution < -0.4 is 0 Å². The molecule has 0 amide bonds. The molecule has 0 bridgehead atoms. The molecule has 11 heavy (non-hydrogen) atoms. The van der Waals surface area contributed by atoms with Crippen molar-refractivity contribution in [3.05, 3.63) is 28.2 Å². The van der Waals surface area contributed by atoms with Gasteiger partial charge in [-0.3, -0.25) is 0 Å². The molecule has 0 aliphatic rings. The van der Waals surface area contributed by atoms with Gasteiger partial charge in [-0.25, -0.2) is 0 Å². The van der Waals surface area contributed by atoms with Gasteiger partial charge in [0.25, 0.3) is 0 Å². The van der Waals surface area contributed by atoms with Gasteiger partial charge < -0.3 is 0 Å². The highest BCUT2D eigenvalue weighted by molar-refractivity contribution is 9.10. The van der Waals surface area contributed by atoms with E-state index in [9.17, 15) is 0 Å². The van der Waals surface area contributed by atoms with Crippen LogP contribution in [0.5, 0.6) is 0 Å². The van der Waals surface area contributed by atoms with Crippen LogP contribution in [0.3, 0.4) is 0 Å². The molecule has 0 unspecified atom stereocenters. The molecule has 1 nitrogen and oxygen atoms in total. The zero-order valence-electron chi connectivity index (χ0n) is 5.97. The van der Waals surface area contributed by atoms with Crippen molar-refractivity contribution < 1.29 is 0 Å². The highest BCUT2D eigenvalue weighted by atomic mass is 79.9. The summed E-state index contributed by atoms with van der Waals surface area (Å²) in [5.74, 6) is 0. The van der Waals surface area contributed by atoms with Crippen molar-refractivity contribution in [1.82, 2.24) is 0 Å². The Bertz CT molecular complexity index is 303. The van der Waals surface area contributed by atoms with Crippen LogP contribution in [0, 0.1) is 11.3 Å². The highest BCUT2D eigenvalue weighted by Gasteiger charge is 1.96. The molecule has 1 aromatic rings. The zero-order chi connectivity index (χ0) is 8.27.